The lowest BCUT2D eigenvalue weighted by Crippen LogP contribution is -2.46. The summed E-state index contributed by atoms with van der Waals surface area (Å²) < 4.78 is 11.0. The monoisotopic (exact) mass is 620 g/mol. The van der Waals surface area contributed by atoms with Gasteiger partial charge in [-0.05, 0) is 42.8 Å². The Kier molecular flexibility index (Phi) is 10.7. The summed E-state index contributed by atoms with van der Waals surface area (Å²) in [5.41, 5.74) is 3.72. The predicted molar refractivity (Wildman–Crippen MR) is 162 cm³/mol. The Morgan fingerprint density at radius 2 is 1.68 bits per heavy atom. The molecule has 1 heterocycles. The summed E-state index contributed by atoms with van der Waals surface area (Å²) >= 11 is 17.2. The Hall–Kier alpha value is -2.20. The molecule has 3 N–H and O–H groups in total. The molecule has 41 heavy (non-hydrogen) atoms. The molecule has 220 valence electrons. The van der Waals surface area contributed by atoms with Gasteiger partial charge in [0.2, 0.25) is 0 Å². The van der Waals surface area contributed by atoms with Crippen LogP contribution in [0.3, 0.4) is 0 Å². The fraction of sp³-hybridized carbons (Fsp3) is 0.387. The largest absolute Gasteiger partial charge is 0.392 e. The van der Waals surface area contributed by atoms with Crippen LogP contribution in [-0.2, 0) is 20.9 Å². The zero-order valence-electron chi connectivity index (χ0n) is 23.1. The molecule has 0 aromatic heterocycles. The summed E-state index contributed by atoms with van der Waals surface area (Å²) in [6.07, 6.45) is -2.03. The Balaban J connectivity index is 1.59. The second-order valence-corrected chi connectivity index (χ2v) is 12.7. The molecule has 0 aliphatic carbocycles. The zero-order chi connectivity index (χ0) is 29.7. The molecule has 10 heteroatoms. The molecular formula is C31H35Cl3N2O5. The minimum Gasteiger partial charge on any atom is -0.392 e. The number of benzene rings is 3. The molecule has 4 rings (SSSR count). The Bertz CT molecular complexity index is 1290. The van der Waals surface area contributed by atoms with Crippen LogP contribution in [0.2, 0.25) is 0 Å². The van der Waals surface area contributed by atoms with E-state index >= 15 is 0 Å². The summed E-state index contributed by atoms with van der Waals surface area (Å²) in [5, 5.41) is 23.1. The van der Waals surface area contributed by atoms with Gasteiger partial charge in [0.15, 0.2) is 6.29 Å². The fourth-order valence-corrected chi connectivity index (χ4v) is 5.05. The lowest BCUT2D eigenvalue weighted by atomic mass is 9.89. The van der Waals surface area contributed by atoms with E-state index < -0.39 is 22.1 Å². The number of ether oxygens (including phenoxy) is 2. The third-order valence-corrected chi connectivity index (χ3v) is 8.07. The van der Waals surface area contributed by atoms with Gasteiger partial charge in [0.25, 0.3) is 9.70 Å². The van der Waals surface area contributed by atoms with Crippen LogP contribution < -0.4 is 5.32 Å². The number of halogens is 3. The van der Waals surface area contributed by atoms with Crippen LogP contribution in [0.25, 0.3) is 0 Å². The first-order chi connectivity index (χ1) is 19.5. The van der Waals surface area contributed by atoms with Crippen molar-refractivity contribution < 1.29 is 24.5 Å². The maximum Gasteiger partial charge on any atom is 0.276 e. The smallest absolute Gasteiger partial charge is 0.276 e. The predicted octanol–water partition coefficient (Wildman–Crippen LogP) is 6.33. The average molecular weight is 622 g/mol. The molecule has 6 atom stereocenters. The van der Waals surface area contributed by atoms with E-state index in [-0.39, 0.29) is 30.8 Å². The van der Waals surface area contributed by atoms with Crippen LogP contribution in [0.5, 0.6) is 0 Å². The molecule has 0 unspecified atom stereocenters. The van der Waals surface area contributed by atoms with Gasteiger partial charge in [0.05, 0.1) is 24.9 Å². The molecule has 0 saturated carbocycles. The third kappa shape index (κ3) is 8.00. The second-order valence-electron chi connectivity index (χ2n) is 10.4. The number of carbonyl (C=O) groups excluding carboxylic acids is 1. The second kappa shape index (κ2) is 13.8. The van der Waals surface area contributed by atoms with Gasteiger partial charge in [-0.25, -0.2) is 0 Å². The number of carbonyl (C=O) groups is 1. The van der Waals surface area contributed by atoms with Crippen LogP contribution in [0.4, 0.5) is 5.69 Å². The minimum absolute atomic E-state index is 0.0468. The van der Waals surface area contributed by atoms with Gasteiger partial charge >= 0.3 is 0 Å². The van der Waals surface area contributed by atoms with Crippen molar-refractivity contribution in [3.63, 3.8) is 0 Å². The summed E-state index contributed by atoms with van der Waals surface area (Å²) in [7, 11) is 1.97. The van der Waals surface area contributed by atoms with E-state index in [0.29, 0.717) is 17.8 Å². The van der Waals surface area contributed by atoms with E-state index in [1.54, 1.807) is 18.2 Å². The van der Waals surface area contributed by atoms with Crippen molar-refractivity contribution in [2.24, 2.45) is 5.92 Å². The first-order valence-corrected chi connectivity index (χ1v) is 14.5. The molecule has 0 spiro atoms. The third-order valence-electron chi connectivity index (χ3n) is 7.56. The number of rotatable bonds is 9. The molecule has 3 aromatic rings. The summed E-state index contributed by atoms with van der Waals surface area (Å²) in [6.45, 7) is 4.55. The molecule has 0 radical (unpaired) electrons. The van der Waals surface area contributed by atoms with Gasteiger partial charge in [-0.3, -0.25) is 9.69 Å². The van der Waals surface area contributed by atoms with E-state index in [0.717, 1.165) is 16.7 Å². The van der Waals surface area contributed by atoms with Gasteiger partial charge in [0, 0.05) is 29.8 Å². The van der Waals surface area contributed by atoms with E-state index in [1.165, 1.54) is 0 Å². The number of alkyl halides is 3. The van der Waals surface area contributed by atoms with Crippen LogP contribution in [0.15, 0.2) is 78.9 Å². The zero-order valence-corrected chi connectivity index (χ0v) is 25.4. The molecule has 0 bridgehead atoms. The molecule has 1 amide bonds. The van der Waals surface area contributed by atoms with Crippen LogP contribution >= 0.6 is 34.8 Å². The number of amides is 1. The quantitative estimate of drug-likeness (QED) is 0.242. The van der Waals surface area contributed by atoms with Crippen molar-refractivity contribution in [1.82, 2.24) is 4.90 Å². The SMILES string of the molecule is C[C@@H]1[C@H](CN(C)[C@@H](C)[C@H](O)c2ccccc2)O[C@H](c2cccc(NC(=O)C(Cl)(Cl)Cl)c2)O[C@@H]1c1ccc(CO)cc1. The number of anilines is 1. The maximum atomic E-state index is 12.2. The summed E-state index contributed by atoms with van der Waals surface area (Å²) in [6, 6.07) is 24.1. The number of aliphatic hydroxyl groups excluding tert-OH is 2. The highest BCUT2D eigenvalue weighted by atomic mass is 35.6. The number of hydrogen-bond acceptors (Lipinski definition) is 6. The number of likely N-dealkylation sites (N-methyl/N-ethyl adjacent to an activating group) is 1. The highest BCUT2D eigenvalue weighted by Gasteiger charge is 2.40. The first kappa shape index (κ1) is 31.7. The van der Waals surface area contributed by atoms with Crippen molar-refractivity contribution in [2.45, 2.75) is 54.9 Å². The Labute approximate surface area is 255 Å². The highest BCUT2D eigenvalue weighted by Crippen LogP contribution is 2.42. The average Bonchev–Trinajstić information content (AvgIpc) is 2.97. The molecule has 1 aliphatic rings. The molecular weight excluding hydrogens is 587 g/mol. The summed E-state index contributed by atoms with van der Waals surface area (Å²) in [5.74, 6) is -0.826. The van der Waals surface area contributed by atoms with E-state index in [4.69, 9.17) is 44.3 Å². The molecule has 3 aromatic carbocycles. The molecule has 1 saturated heterocycles. The minimum atomic E-state index is -2.11. The van der Waals surface area contributed by atoms with Gasteiger partial charge in [-0.2, -0.15) is 0 Å². The number of hydrogen-bond donors (Lipinski definition) is 3. The van der Waals surface area contributed by atoms with E-state index in [1.807, 2.05) is 74.6 Å². The van der Waals surface area contributed by atoms with Crippen LogP contribution in [0.1, 0.15) is 54.6 Å². The van der Waals surface area contributed by atoms with Gasteiger partial charge in [-0.1, -0.05) is 108 Å². The van der Waals surface area contributed by atoms with Crippen LogP contribution in [-0.4, -0.2) is 50.6 Å². The van der Waals surface area contributed by atoms with E-state index in [9.17, 15) is 15.0 Å². The van der Waals surface area contributed by atoms with Gasteiger partial charge < -0.3 is 25.0 Å². The highest BCUT2D eigenvalue weighted by molar-refractivity contribution is 6.76. The normalized spacial score (nSPS) is 22.8. The van der Waals surface area contributed by atoms with Gasteiger partial charge in [0.1, 0.15) is 0 Å². The lowest BCUT2D eigenvalue weighted by molar-refractivity contribution is -0.276. The topological polar surface area (TPSA) is 91.3 Å². The molecule has 1 fully saturated rings. The van der Waals surface area contributed by atoms with Crippen molar-refractivity contribution in [2.75, 3.05) is 18.9 Å². The van der Waals surface area contributed by atoms with Crippen LogP contribution in [0, 0.1) is 5.92 Å². The Morgan fingerprint density at radius 3 is 2.32 bits per heavy atom. The lowest BCUT2D eigenvalue weighted by Gasteiger charge is -2.43. The maximum absolute atomic E-state index is 12.2. The Morgan fingerprint density at radius 1 is 1.00 bits per heavy atom. The number of aliphatic hydroxyl groups is 2. The fourth-order valence-electron chi connectivity index (χ4n) is 4.91. The van der Waals surface area contributed by atoms with Crippen molar-refractivity contribution >= 4 is 46.4 Å². The first-order valence-electron chi connectivity index (χ1n) is 13.4. The van der Waals surface area contributed by atoms with E-state index in [2.05, 4.69) is 17.1 Å². The molecule has 1 aliphatic heterocycles. The standard InChI is InChI=1S/C31H35Cl3N2O5/c1-19-26(17-36(3)20(2)27(38)22-8-5-4-6-9-22)40-29(41-28(19)23-14-12-21(18-37)13-15-23)24-10-7-11-25(16-24)35-30(39)31(32,33)34/h4-16,19-20,26-29,37-38H,17-18H2,1-3H3,(H,35,39)/t19-,20+,26+,27+,28+,29+/m1/s1. The van der Waals surface area contributed by atoms with Crippen molar-refractivity contribution in [1.29, 1.82) is 0 Å². The van der Waals surface area contributed by atoms with Crippen molar-refractivity contribution in [3.8, 4) is 0 Å². The number of nitrogens with zero attached hydrogens (tertiary/aromatic N) is 1. The molecule has 7 nitrogen and oxygen atoms in total. The number of nitrogens with one attached hydrogen (secondary N) is 1. The van der Waals surface area contributed by atoms with Crippen molar-refractivity contribution in [3.05, 3.63) is 101 Å². The summed E-state index contributed by atoms with van der Waals surface area (Å²) in [4.78, 5) is 14.3. The van der Waals surface area contributed by atoms with Gasteiger partial charge in [-0.15, -0.1) is 0 Å².